The van der Waals surface area contributed by atoms with Crippen LogP contribution in [0.2, 0.25) is 0 Å². The summed E-state index contributed by atoms with van der Waals surface area (Å²) in [6, 6.07) is 6.05. The summed E-state index contributed by atoms with van der Waals surface area (Å²) >= 11 is 0. The molecule has 1 fully saturated rings. The Kier molecular flexibility index (Phi) is 7.48. The van der Waals surface area contributed by atoms with Crippen molar-refractivity contribution in [2.75, 3.05) is 32.8 Å². The lowest BCUT2D eigenvalue weighted by Gasteiger charge is -2.29. The Morgan fingerprint density at radius 2 is 1.66 bits per heavy atom. The van der Waals surface area contributed by atoms with Gasteiger partial charge in [0.25, 0.3) is 11.8 Å². The van der Waals surface area contributed by atoms with Crippen LogP contribution in [0.15, 0.2) is 23.9 Å². The number of benzene rings is 1. The maximum Gasteiger partial charge on any atom is 0.277 e. The van der Waals surface area contributed by atoms with Crippen LogP contribution < -0.4 is 0 Å². The minimum Gasteiger partial charge on any atom is -0.381 e. The molecular weight excluding hydrogens is 364 g/mol. The normalized spacial score (nSPS) is 17.6. The molecule has 0 N–H and O–H groups in total. The van der Waals surface area contributed by atoms with E-state index in [0.29, 0.717) is 30.8 Å². The molecule has 0 aliphatic carbocycles. The highest BCUT2D eigenvalue weighted by Gasteiger charge is 2.41. The Bertz CT molecular complexity index is 778. The van der Waals surface area contributed by atoms with E-state index in [2.05, 4.69) is 18.7 Å². The van der Waals surface area contributed by atoms with Crippen LogP contribution in [0.25, 0.3) is 5.57 Å². The number of ether oxygens (including phenoxy) is 1. The molecule has 2 aliphatic rings. The lowest BCUT2D eigenvalue weighted by molar-refractivity contribution is -0.137. The summed E-state index contributed by atoms with van der Waals surface area (Å²) in [6.07, 6.45) is 6.13. The second-order valence-corrected chi connectivity index (χ2v) is 8.15. The van der Waals surface area contributed by atoms with Crippen LogP contribution in [0.4, 0.5) is 0 Å². The van der Waals surface area contributed by atoms with Gasteiger partial charge < -0.3 is 9.64 Å². The van der Waals surface area contributed by atoms with Crippen molar-refractivity contribution in [1.82, 2.24) is 9.80 Å². The Labute approximate surface area is 174 Å². The van der Waals surface area contributed by atoms with Crippen LogP contribution >= 0.6 is 0 Å². The lowest BCUT2D eigenvalue weighted by atomic mass is 9.98. The molecule has 0 aromatic heterocycles. The topological polar surface area (TPSA) is 49.9 Å². The minimum atomic E-state index is -0.160. The second-order valence-electron chi connectivity index (χ2n) is 8.15. The third-order valence-corrected chi connectivity index (χ3v) is 5.92. The van der Waals surface area contributed by atoms with Crippen molar-refractivity contribution in [1.29, 1.82) is 0 Å². The van der Waals surface area contributed by atoms with Gasteiger partial charge in [-0.3, -0.25) is 14.5 Å². The number of hydrogen-bond acceptors (Lipinski definition) is 4. The van der Waals surface area contributed by atoms with E-state index < -0.39 is 0 Å². The molecule has 3 rings (SSSR count). The molecule has 5 heteroatoms. The quantitative estimate of drug-likeness (QED) is 0.465. The Morgan fingerprint density at radius 3 is 2.34 bits per heavy atom. The zero-order valence-electron chi connectivity index (χ0n) is 18.1. The number of amides is 2. The average Bonchev–Trinajstić information content (AvgIpc) is 2.97. The van der Waals surface area contributed by atoms with Gasteiger partial charge in [0.2, 0.25) is 0 Å². The third-order valence-electron chi connectivity index (χ3n) is 5.92. The van der Waals surface area contributed by atoms with Crippen molar-refractivity contribution >= 4 is 17.4 Å². The number of likely N-dealkylation sites (tertiary alicyclic amines) is 1. The summed E-state index contributed by atoms with van der Waals surface area (Å²) in [5, 5.41) is 0. The molecule has 2 aliphatic heterocycles. The summed E-state index contributed by atoms with van der Waals surface area (Å²) in [7, 11) is 0. The molecule has 0 spiro atoms. The molecule has 1 saturated heterocycles. The third kappa shape index (κ3) is 4.89. The molecule has 158 valence electrons. The number of unbranched alkanes of at least 4 members (excludes halogenated alkanes) is 1. The first-order chi connectivity index (χ1) is 14.0. The molecule has 2 amide bonds. The SMILES string of the molecule is CCCCOCCCN1C(=O)C(c2ccc(C)c(C)c2)=C(N2CCCCC2)C1=O. The fraction of sp³-hybridized carbons (Fsp3) is 0.583. The second kappa shape index (κ2) is 10.1. The van der Waals surface area contributed by atoms with Crippen LogP contribution in [0.3, 0.4) is 0 Å². The first kappa shape index (κ1) is 21.6. The summed E-state index contributed by atoms with van der Waals surface area (Å²) < 4.78 is 5.61. The van der Waals surface area contributed by atoms with E-state index in [1.54, 1.807) is 0 Å². The molecule has 1 aromatic carbocycles. The number of imide groups is 1. The van der Waals surface area contributed by atoms with E-state index in [4.69, 9.17) is 4.74 Å². The Hall–Kier alpha value is -2.14. The molecule has 0 saturated carbocycles. The maximum atomic E-state index is 13.3. The highest BCUT2D eigenvalue weighted by Crippen LogP contribution is 2.33. The molecule has 29 heavy (non-hydrogen) atoms. The number of carbonyl (C=O) groups is 2. The van der Waals surface area contributed by atoms with Gasteiger partial charge in [0.1, 0.15) is 5.70 Å². The molecule has 0 unspecified atom stereocenters. The van der Waals surface area contributed by atoms with Gasteiger partial charge in [-0.25, -0.2) is 0 Å². The van der Waals surface area contributed by atoms with Gasteiger partial charge >= 0.3 is 0 Å². The number of hydrogen-bond donors (Lipinski definition) is 0. The fourth-order valence-electron chi connectivity index (χ4n) is 4.01. The molecule has 0 radical (unpaired) electrons. The predicted octanol–water partition coefficient (Wildman–Crippen LogP) is 4.08. The molecule has 2 heterocycles. The largest absolute Gasteiger partial charge is 0.381 e. The highest BCUT2D eigenvalue weighted by molar-refractivity contribution is 6.35. The number of rotatable bonds is 9. The van der Waals surface area contributed by atoms with Crippen molar-refractivity contribution < 1.29 is 14.3 Å². The number of nitrogens with zero attached hydrogens (tertiary/aromatic N) is 2. The van der Waals surface area contributed by atoms with Crippen LogP contribution in [-0.2, 0) is 14.3 Å². The summed E-state index contributed by atoms with van der Waals surface area (Å²) in [5.74, 6) is -0.300. The van der Waals surface area contributed by atoms with Crippen LogP contribution in [0.5, 0.6) is 0 Å². The van der Waals surface area contributed by atoms with Crippen molar-refractivity contribution in [3.8, 4) is 0 Å². The van der Waals surface area contributed by atoms with E-state index >= 15 is 0 Å². The number of piperidine rings is 1. The van der Waals surface area contributed by atoms with Crippen molar-refractivity contribution in [3.05, 3.63) is 40.6 Å². The first-order valence-electron chi connectivity index (χ1n) is 11.1. The van der Waals surface area contributed by atoms with Gasteiger partial charge in [0.15, 0.2) is 0 Å². The van der Waals surface area contributed by atoms with Crippen molar-refractivity contribution in [2.24, 2.45) is 0 Å². The zero-order chi connectivity index (χ0) is 20.8. The van der Waals surface area contributed by atoms with E-state index in [-0.39, 0.29) is 11.8 Å². The average molecular weight is 399 g/mol. The van der Waals surface area contributed by atoms with Crippen molar-refractivity contribution in [2.45, 2.75) is 59.3 Å². The van der Waals surface area contributed by atoms with E-state index in [1.165, 1.54) is 16.9 Å². The molecular formula is C24H34N2O3. The Balaban J connectivity index is 1.82. The monoisotopic (exact) mass is 398 g/mol. The maximum absolute atomic E-state index is 13.3. The smallest absolute Gasteiger partial charge is 0.277 e. The van der Waals surface area contributed by atoms with Gasteiger partial charge in [0.05, 0.1) is 5.57 Å². The predicted molar refractivity (Wildman–Crippen MR) is 115 cm³/mol. The fourth-order valence-corrected chi connectivity index (χ4v) is 4.01. The van der Waals surface area contributed by atoms with Crippen molar-refractivity contribution in [3.63, 3.8) is 0 Å². The highest BCUT2D eigenvalue weighted by atomic mass is 16.5. The summed E-state index contributed by atoms with van der Waals surface area (Å²) in [5.41, 5.74) is 4.35. The van der Waals surface area contributed by atoms with Gasteiger partial charge in [-0.2, -0.15) is 0 Å². The number of carbonyl (C=O) groups excluding carboxylic acids is 2. The molecule has 0 bridgehead atoms. The van der Waals surface area contributed by atoms with Gasteiger partial charge in [0, 0.05) is 32.8 Å². The van der Waals surface area contributed by atoms with Crippen LogP contribution in [-0.4, -0.2) is 54.5 Å². The zero-order valence-corrected chi connectivity index (χ0v) is 18.1. The van der Waals surface area contributed by atoms with Gasteiger partial charge in [-0.15, -0.1) is 0 Å². The standard InChI is InChI=1S/C24H34N2O3/c1-4-5-15-29-16-9-14-26-23(27)21(20-11-10-18(2)19(3)17-20)22(24(26)28)25-12-7-6-8-13-25/h10-11,17H,4-9,12-16H2,1-3H3. The summed E-state index contributed by atoms with van der Waals surface area (Å²) in [4.78, 5) is 30.2. The molecule has 0 atom stereocenters. The number of aryl methyl sites for hydroxylation is 2. The minimum absolute atomic E-state index is 0.140. The van der Waals surface area contributed by atoms with Gasteiger partial charge in [-0.05, 0) is 62.6 Å². The lowest BCUT2D eigenvalue weighted by Crippen LogP contribution is -2.37. The van der Waals surface area contributed by atoms with E-state index in [9.17, 15) is 9.59 Å². The Morgan fingerprint density at radius 1 is 0.931 bits per heavy atom. The van der Waals surface area contributed by atoms with Crippen LogP contribution in [0.1, 0.15) is 62.1 Å². The van der Waals surface area contributed by atoms with E-state index in [0.717, 1.165) is 56.5 Å². The van der Waals surface area contributed by atoms with E-state index in [1.807, 2.05) is 25.1 Å². The first-order valence-corrected chi connectivity index (χ1v) is 11.1. The molecule has 5 nitrogen and oxygen atoms in total. The van der Waals surface area contributed by atoms with Gasteiger partial charge in [-0.1, -0.05) is 31.5 Å². The summed E-state index contributed by atoms with van der Waals surface area (Å²) in [6.45, 7) is 9.66. The molecule has 1 aromatic rings. The van der Waals surface area contributed by atoms with Crippen LogP contribution in [0, 0.1) is 13.8 Å².